The lowest BCUT2D eigenvalue weighted by Gasteiger charge is -2.26. The van der Waals surface area contributed by atoms with Gasteiger partial charge in [0.2, 0.25) is 0 Å². The minimum Gasteiger partial charge on any atom is -0.464 e. The predicted octanol–water partition coefficient (Wildman–Crippen LogP) is 1.44. The number of esters is 1. The molecule has 110 valence electrons. The Labute approximate surface area is 120 Å². The summed E-state index contributed by atoms with van der Waals surface area (Å²) in [4.78, 5) is 18.2. The smallest absolute Gasteiger partial charge is 0.356 e. The maximum Gasteiger partial charge on any atom is 0.356 e. The van der Waals surface area contributed by atoms with E-state index >= 15 is 0 Å². The topological polar surface area (TPSA) is 54.5 Å². The van der Waals surface area contributed by atoms with Crippen LogP contribution in [0.1, 0.15) is 35.4 Å². The van der Waals surface area contributed by atoms with Crippen molar-refractivity contribution in [2.24, 2.45) is 0 Å². The summed E-state index contributed by atoms with van der Waals surface area (Å²) in [6.07, 6.45) is 3.58. The number of carbonyl (C=O) groups excluding carboxylic acids is 1. The van der Waals surface area contributed by atoms with Crippen molar-refractivity contribution in [3.05, 3.63) is 29.6 Å². The van der Waals surface area contributed by atoms with Gasteiger partial charge in [0.15, 0.2) is 0 Å². The minimum absolute atomic E-state index is 0.376. The van der Waals surface area contributed by atoms with E-state index in [4.69, 9.17) is 4.74 Å². The van der Waals surface area contributed by atoms with Crippen LogP contribution in [0.4, 0.5) is 0 Å². The van der Waals surface area contributed by atoms with Crippen molar-refractivity contribution in [2.75, 3.05) is 27.2 Å². The van der Waals surface area contributed by atoms with Crippen LogP contribution >= 0.6 is 0 Å². The highest BCUT2D eigenvalue weighted by Gasteiger charge is 2.17. The highest BCUT2D eigenvalue weighted by molar-refractivity contribution is 5.87. The molecular formula is C15H23N3O2. The second-order valence-electron chi connectivity index (χ2n) is 5.26. The number of pyridine rings is 1. The number of hydrogen-bond acceptors (Lipinski definition) is 5. The van der Waals surface area contributed by atoms with Crippen molar-refractivity contribution in [3.8, 4) is 0 Å². The highest BCUT2D eigenvalue weighted by Crippen LogP contribution is 2.14. The molecule has 1 aromatic heterocycles. The third-order valence-electron chi connectivity index (χ3n) is 3.78. The van der Waals surface area contributed by atoms with Gasteiger partial charge < -0.3 is 10.1 Å². The molecule has 1 aromatic rings. The number of carbonyl (C=O) groups is 1. The van der Waals surface area contributed by atoms with Crippen LogP contribution in [0.5, 0.6) is 0 Å². The van der Waals surface area contributed by atoms with Crippen LogP contribution in [0.3, 0.4) is 0 Å². The van der Waals surface area contributed by atoms with Gasteiger partial charge in [0, 0.05) is 12.6 Å². The summed E-state index contributed by atoms with van der Waals surface area (Å²) in [5, 5.41) is 3.42. The lowest BCUT2D eigenvalue weighted by atomic mass is 10.1. The number of aromatic nitrogens is 1. The first-order valence-electron chi connectivity index (χ1n) is 7.16. The molecule has 0 aromatic carbocycles. The molecule has 20 heavy (non-hydrogen) atoms. The van der Waals surface area contributed by atoms with Crippen molar-refractivity contribution >= 4 is 5.97 Å². The van der Waals surface area contributed by atoms with Gasteiger partial charge in [-0.1, -0.05) is 6.07 Å². The molecule has 0 bridgehead atoms. The van der Waals surface area contributed by atoms with Crippen LogP contribution in [0.25, 0.3) is 0 Å². The van der Waals surface area contributed by atoms with Crippen LogP contribution in [-0.2, 0) is 11.3 Å². The first-order chi connectivity index (χ1) is 9.70. The number of hydrogen-bond donors (Lipinski definition) is 1. The first kappa shape index (κ1) is 14.9. The SMILES string of the molecule is COC(=O)c1cccc(CN(C)C2CCCNCC2)n1. The zero-order valence-electron chi connectivity index (χ0n) is 12.3. The molecule has 2 heterocycles. The third kappa shape index (κ3) is 4.02. The van der Waals surface area contributed by atoms with Gasteiger partial charge in [-0.05, 0) is 51.5 Å². The summed E-state index contributed by atoms with van der Waals surface area (Å²) in [5.74, 6) is -0.381. The van der Waals surface area contributed by atoms with Crippen LogP contribution in [0.2, 0.25) is 0 Å². The average Bonchev–Trinajstić information content (AvgIpc) is 2.76. The maximum atomic E-state index is 11.5. The van der Waals surface area contributed by atoms with Gasteiger partial charge in [-0.2, -0.15) is 0 Å². The summed E-state index contributed by atoms with van der Waals surface area (Å²) in [7, 11) is 3.50. The molecule has 1 saturated heterocycles. The Bertz CT molecular complexity index is 442. The fourth-order valence-corrected chi connectivity index (χ4v) is 2.61. The van der Waals surface area contributed by atoms with E-state index in [0.29, 0.717) is 11.7 Å². The van der Waals surface area contributed by atoms with Gasteiger partial charge in [-0.15, -0.1) is 0 Å². The molecular weight excluding hydrogens is 254 g/mol. The number of rotatable bonds is 4. The maximum absolute atomic E-state index is 11.5. The molecule has 1 atom stereocenters. The van der Waals surface area contributed by atoms with E-state index in [1.54, 1.807) is 6.07 Å². The van der Waals surface area contributed by atoms with Gasteiger partial charge in [0.1, 0.15) is 5.69 Å². The van der Waals surface area contributed by atoms with E-state index in [2.05, 4.69) is 22.2 Å². The Hall–Kier alpha value is -1.46. The van der Waals surface area contributed by atoms with Crippen LogP contribution < -0.4 is 5.32 Å². The van der Waals surface area contributed by atoms with Crippen LogP contribution in [0.15, 0.2) is 18.2 Å². The van der Waals surface area contributed by atoms with E-state index in [1.165, 1.54) is 20.0 Å². The first-order valence-corrected chi connectivity index (χ1v) is 7.16. The standard InChI is InChI=1S/C15H23N3O2/c1-18(13-6-4-9-16-10-8-13)11-12-5-3-7-14(17-12)15(19)20-2/h3,5,7,13,16H,4,6,8-11H2,1-2H3. The fourth-order valence-electron chi connectivity index (χ4n) is 2.61. The summed E-state index contributed by atoms with van der Waals surface area (Å²) in [6.45, 7) is 2.94. The summed E-state index contributed by atoms with van der Waals surface area (Å²) in [6, 6.07) is 6.08. The second-order valence-corrected chi connectivity index (χ2v) is 5.26. The molecule has 0 amide bonds. The van der Waals surface area contributed by atoms with Gasteiger partial charge in [-0.25, -0.2) is 9.78 Å². The normalized spacial score (nSPS) is 19.6. The zero-order valence-corrected chi connectivity index (χ0v) is 12.3. The number of ether oxygens (including phenoxy) is 1. The van der Waals surface area contributed by atoms with Crippen LogP contribution in [-0.4, -0.2) is 49.1 Å². The molecule has 1 fully saturated rings. The third-order valence-corrected chi connectivity index (χ3v) is 3.78. The Morgan fingerprint density at radius 2 is 2.30 bits per heavy atom. The molecule has 2 rings (SSSR count). The predicted molar refractivity (Wildman–Crippen MR) is 77.6 cm³/mol. The van der Waals surface area contributed by atoms with Crippen molar-refractivity contribution in [2.45, 2.75) is 31.8 Å². The van der Waals surface area contributed by atoms with E-state index in [0.717, 1.165) is 31.7 Å². The molecule has 0 spiro atoms. The van der Waals surface area contributed by atoms with E-state index < -0.39 is 0 Å². The molecule has 1 unspecified atom stereocenters. The Kier molecular flexibility index (Phi) is 5.49. The fraction of sp³-hybridized carbons (Fsp3) is 0.600. The Balaban J connectivity index is 1.99. The molecule has 0 saturated carbocycles. The molecule has 1 aliphatic rings. The van der Waals surface area contributed by atoms with Gasteiger partial charge in [-0.3, -0.25) is 4.90 Å². The molecule has 5 heteroatoms. The lowest BCUT2D eigenvalue weighted by molar-refractivity contribution is 0.0593. The van der Waals surface area contributed by atoms with E-state index in [-0.39, 0.29) is 5.97 Å². The molecule has 0 aliphatic carbocycles. The largest absolute Gasteiger partial charge is 0.464 e. The minimum atomic E-state index is -0.381. The second kappa shape index (κ2) is 7.36. The molecule has 1 aliphatic heterocycles. The van der Waals surface area contributed by atoms with Crippen molar-refractivity contribution < 1.29 is 9.53 Å². The lowest BCUT2D eigenvalue weighted by Crippen LogP contribution is -2.32. The van der Waals surface area contributed by atoms with Crippen molar-refractivity contribution in [1.82, 2.24) is 15.2 Å². The summed E-state index contributed by atoms with van der Waals surface area (Å²) in [5.41, 5.74) is 1.29. The van der Waals surface area contributed by atoms with E-state index in [1.807, 2.05) is 12.1 Å². The zero-order chi connectivity index (χ0) is 14.4. The van der Waals surface area contributed by atoms with Gasteiger partial charge in [0.25, 0.3) is 0 Å². The van der Waals surface area contributed by atoms with Crippen molar-refractivity contribution in [3.63, 3.8) is 0 Å². The number of methoxy groups -OCH3 is 1. The monoisotopic (exact) mass is 277 g/mol. The van der Waals surface area contributed by atoms with E-state index in [9.17, 15) is 4.79 Å². The number of nitrogens with one attached hydrogen (secondary N) is 1. The quantitative estimate of drug-likeness (QED) is 0.844. The van der Waals surface area contributed by atoms with Crippen molar-refractivity contribution in [1.29, 1.82) is 0 Å². The molecule has 0 radical (unpaired) electrons. The highest BCUT2D eigenvalue weighted by atomic mass is 16.5. The van der Waals surface area contributed by atoms with Gasteiger partial charge >= 0.3 is 5.97 Å². The molecule has 5 nitrogen and oxygen atoms in total. The summed E-state index contributed by atoms with van der Waals surface area (Å²) < 4.78 is 4.71. The summed E-state index contributed by atoms with van der Waals surface area (Å²) >= 11 is 0. The van der Waals surface area contributed by atoms with Gasteiger partial charge in [0.05, 0.1) is 12.8 Å². The Morgan fingerprint density at radius 1 is 1.45 bits per heavy atom. The van der Waals surface area contributed by atoms with Crippen LogP contribution in [0, 0.1) is 0 Å². The Morgan fingerprint density at radius 3 is 3.10 bits per heavy atom. The molecule has 1 N–H and O–H groups in total. The average molecular weight is 277 g/mol. The number of nitrogens with zero attached hydrogens (tertiary/aromatic N) is 2.